The third kappa shape index (κ3) is 6.08. The molecule has 110 valence electrons. The lowest BCUT2D eigenvalue weighted by atomic mass is 9.96. The predicted octanol–water partition coefficient (Wildman–Crippen LogP) is -1.25. The molecule has 0 aliphatic heterocycles. The normalized spacial score (nSPS) is 20.2. The molecule has 0 aliphatic rings. The lowest BCUT2D eigenvalue weighted by molar-refractivity contribution is -0.141. The van der Waals surface area contributed by atoms with Gasteiger partial charge in [-0.05, 0) is 6.42 Å². The molecule has 6 N–H and O–H groups in total. The molecule has 0 rings (SSSR count). The molecule has 6 nitrogen and oxygen atoms in total. The first-order valence-corrected chi connectivity index (χ1v) is 6.46. The topological polar surface area (TPSA) is 121 Å². The third-order valence-electron chi connectivity index (χ3n) is 3.03. The van der Waals surface area contributed by atoms with Gasteiger partial charge in [0.1, 0.15) is 24.4 Å². The van der Waals surface area contributed by atoms with Gasteiger partial charge in [0.05, 0.1) is 12.7 Å². The van der Waals surface area contributed by atoms with Gasteiger partial charge in [0.25, 0.3) is 0 Å². The van der Waals surface area contributed by atoms with Crippen LogP contribution in [-0.4, -0.2) is 67.8 Å². The van der Waals surface area contributed by atoms with Gasteiger partial charge in [-0.25, -0.2) is 0 Å². The summed E-state index contributed by atoms with van der Waals surface area (Å²) in [6.45, 7) is 1.33. The van der Waals surface area contributed by atoms with E-state index in [1.165, 1.54) is 0 Å². The van der Waals surface area contributed by atoms with Crippen LogP contribution in [0.4, 0.5) is 0 Å². The maximum absolute atomic E-state index is 9.63. The second-order valence-corrected chi connectivity index (χ2v) is 4.64. The van der Waals surface area contributed by atoms with Gasteiger partial charge in [-0.3, -0.25) is 0 Å². The highest BCUT2D eigenvalue weighted by Gasteiger charge is 2.33. The van der Waals surface area contributed by atoms with E-state index in [0.717, 1.165) is 25.7 Å². The van der Waals surface area contributed by atoms with Crippen LogP contribution in [0.2, 0.25) is 0 Å². The van der Waals surface area contributed by atoms with E-state index in [1.54, 1.807) is 0 Å². The molecule has 0 radical (unpaired) electrons. The molecule has 0 aromatic rings. The minimum atomic E-state index is -1.69. The minimum Gasteiger partial charge on any atom is -0.394 e. The molecule has 0 fully saturated rings. The summed E-state index contributed by atoms with van der Waals surface area (Å²) in [5.74, 6) is 0. The zero-order valence-electron chi connectivity index (χ0n) is 10.8. The average molecular weight is 266 g/mol. The van der Waals surface area contributed by atoms with E-state index in [2.05, 4.69) is 6.92 Å². The van der Waals surface area contributed by atoms with Crippen molar-refractivity contribution < 1.29 is 30.6 Å². The molecule has 1 unspecified atom stereocenters. The number of hydrogen-bond donors (Lipinski definition) is 6. The third-order valence-corrected chi connectivity index (χ3v) is 3.03. The molecule has 0 saturated heterocycles. The van der Waals surface area contributed by atoms with Crippen molar-refractivity contribution in [3.63, 3.8) is 0 Å². The molecule has 6 heteroatoms. The van der Waals surface area contributed by atoms with Crippen LogP contribution in [-0.2, 0) is 0 Å². The summed E-state index contributed by atoms with van der Waals surface area (Å²) in [6, 6.07) is 0. The van der Waals surface area contributed by atoms with Crippen molar-refractivity contribution in [1.29, 1.82) is 0 Å². The molecule has 0 aliphatic carbocycles. The van der Waals surface area contributed by atoms with Crippen LogP contribution >= 0.6 is 0 Å². The van der Waals surface area contributed by atoms with Gasteiger partial charge in [-0.15, -0.1) is 0 Å². The lowest BCUT2D eigenvalue weighted by Gasteiger charge is -2.28. The van der Waals surface area contributed by atoms with Crippen LogP contribution in [0, 0.1) is 0 Å². The molecule has 0 heterocycles. The van der Waals surface area contributed by atoms with Gasteiger partial charge >= 0.3 is 0 Å². The van der Waals surface area contributed by atoms with E-state index in [4.69, 9.17) is 10.2 Å². The molecule has 0 aromatic heterocycles. The molecule has 0 bridgehead atoms. The fourth-order valence-corrected chi connectivity index (χ4v) is 1.72. The zero-order chi connectivity index (χ0) is 14.1. The summed E-state index contributed by atoms with van der Waals surface area (Å²) in [5, 5.41) is 55.9. The van der Waals surface area contributed by atoms with Crippen molar-refractivity contribution in [3.05, 3.63) is 0 Å². The summed E-state index contributed by atoms with van der Waals surface area (Å²) >= 11 is 0. The van der Waals surface area contributed by atoms with Crippen molar-refractivity contribution in [1.82, 2.24) is 0 Å². The number of aliphatic hydroxyl groups excluding tert-OH is 6. The van der Waals surface area contributed by atoms with Crippen molar-refractivity contribution >= 4 is 0 Å². The SMILES string of the molecule is CCCCCCC(O)[C@H](O)[C@@H](O)[C@H](O)[C@H](O)CO. The Morgan fingerprint density at radius 1 is 0.722 bits per heavy atom. The summed E-state index contributed by atoms with van der Waals surface area (Å²) in [4.78, 5) is 0. The molecule has 18 heavy (non-hydrogen) atoms. The fourth-order valence-electron chi connectivity index (χ4n) is 1.72. The largest absolute Gasteiger partial charge is 0.394 e. The van der Waals surface area contributed by atoms with E-state index < -0.39 is 37.1 Å². The highest BCUT2D eigenvalue weighted by atomic mass is 16.4. The smallest absolute Gasteiger partial charge is 0.111 e. The molecule has 5 atom stereocenters. The van der Waals surface area contributed by atoms with Gasteiger partial charge in [-0.2, -0.15) is 0 Å². The summed E-state index contributed by atoms with van der Waals surface area (Å²) in [6.07, 6.45) is -3.54. The van der Waals surface area contributed by atoms with Crippen LogP contribution in [0.25, 0.3) is 0 Å². The van der Waals surface area contributed by atoms with Gasteiger partial charge in [0.2, 0.25) is 0 Å². The number of unbranched alkanes of at least 4 members (excludes halogenated alkanes) is 3. The van der Waals surface area contributed by atoms with Gasteiger partial charge in [-0.1, -0.05) is 32.6 Å². The maximum Gasteiger partial charge on any atom is 0.111 e. The van der Waals surface area contributed by atoms with E-state index in [1.807, 2.05) is 0 Å². The molecular weight excluding hydrogens is 240 g/mol. The first kappa shape index (κ1) is 17.8. The van der Waals surface area contributed by atoms with Gasteiger partial charge in [0.15, 0.2) is 0 Å². The molecular formula is C12H26O6. The summed E-state index contributed by atoms with van der Waals surface area (Å²) < 4.78 is 0. The Morgan fingerprint density at radius 2 is 1.28 bits per heavy atom. The quantitative estimate of drug-likeness (QED) is 0.275. The highest BCUT2D eigenvalue weighted by molar-refractivity contribution is 4.84. The van der Waals surface area contributed by atoms with Crippen LogP contribution < -0.4 is 0 Å². The van der Waals surface area contributed by atoms with E-state index in [-0.39, 0.29) is 0 Å². The Kier molecular flexibility index (Phi) is 9.53. The first-order valence-electron chi connectivity index (χ1n) is 6.46. The predicted molar refractivity (Wildman–Crippen MR) is 65.9 cm³/mol. The lowest BCUT2D eigenvalue weighted by Crippen LogP contribution is -2.49. The summed E-state index contributed by atoms with van der Waals surface area (Å²) in [7, 11) is 0. The van der Waals surface area contributed by atoms with Crippen molar-refractivity contribution in [2.45, 2.75) is 69.5 Å². The Balaban J connectivity index is 4.06. The zero-order valence-corrected chi connectivity index (χ0v) is 10.8. The first-order chi connectivity index (χ1) is 8.45. The average Bonchev–Trinajstić information content (AvgIpc) is 2.39. The number of hydrogen-bond acceptors (Lipinski definition) is 6. The number of rotatable bonds is 10. The molecule has 0 saturated carbocycles. The fraction of sp³-hybridized carbons (Fsp3) is 1.00. The molecule has 0 amide bonds. The van der Waals surface area contributed by atoms with Crippen molar-refractivity contribution in [3.8, 4) is 0 Å². The van der Waals surface area contributed by atoms with Crippen LogP contribution in [0.15, 0.2) is 0 Å². The van der Waals surface area contributed by atoms with Gasteiger partial charge in [0, 0.05) is 0 Å². The van der Waals surface area contributed by atoms with Crippen LogP contribution in [0.1, 0.15) is 39.0 Å². The maximum atomic E-state index is 9.63. The van der Waals surface area contributed by atoms with E-state index in [9.17, 15) is 20.4 Å². The van der Waals surface area contributed by atoms with Gasteiger partial charge < -0.3 is 30.6 Å². The van der Waals surface area contributed by atoms with E-state index >= 15 is 0 Å². The summed E-state index contributed by atoms with van der Waals surface area (Å²) in [5.41, 5.74) is 0. The Hall–Kier alpha value is -0.240. The second-order valence-electron chi connectivity index (χ2n) is 4.64. The Morgan fingerprint density at radius 3 is 1.78 bits per heavy atom. The Bertz CT molecular complexity index is 201. The van der Waals surface area contributed by atoms with Crippen LogP contribution in [0.3, 0.4) is 0 Å². The van der Waals surface area contributed by atoms with E-state index in [0.29, 0.717) is 6.42 Å². The standard InChI is InChI=1S/C12H26O6/c1-2-3-4-5-6-8(14)10(16)12(18)11(17)9(15)7-13/h8-18H,2-7H2,1H3/t8?,9-,10+,11-,12-/m1/s1. The van der Waals surface area contributed by atoms with Crippen molar-refractivity contribution in [2.24, 2.45) is 0 Å². The minimum absolute atomic E-state index is 0.320. The molecule has 0 spiro atoms. The monoisotopic (exact) mass is 266 g/mol. The second kappa shape index (κ2) is 9.66. The Labute approximate surface area is 108 Å². The number of aliphatic hydroxyl groups is 6. The molecule has 0 aromatic carbocycles. The van der Waals surface area contributed by atoms with Crippen molar-refractivity contribution in [2.75, 3.05) is 6.61 Å². The highest BCUT2D eigenvalue weighted by Crippen LogP contribution is 2.13. The van der Waals surface area contributed by atoms with Crippen LogP contribution in [0.5, 0.6) is 0 Å².